The minimum Gasteiger partial charge on any atom is -0.326 e. The third kappa shape index (κ3) is 12.8. The topological polar surface area (TPSA) is 85.1 Å². The third-order valence-electron chi connectivity index (χ3n) is 6.67. The normalized spacial score (nSPS) is 10.9. The van der Waals surface area contributed by atoms with Crippen LogP contribution < -0.4 is 5.32 Å². The van der Waals surface area contributed by atoms with Crippen LogP contribution in [-0.2, 0) is 11.2 Å². The number of pyridine rings is 1. The first-order valence-electron chi connectivity index (χ1n) is 14.1. The molecule has 1 aromatic carbocycles. The number of nitro benzene ring substituents is 1. The molecule has 0 spiro atoms. The zero-order chi connectivity index (χ0) is 25.8. The van der Waals surface area contributed by atoms with E-state index in [0.717, 1.165) is 18.5 Å². The van der Waals surface area contributed by atoms with Crippen molar-refractivity contribution in [2.75, 3.05) is 5.32 Å². The predicted octanol–water partition coefficient (Wildman–Crippen LogP) is 8.78. The Labute approximate surface area is 217 Å². The second-order valence-electron chi connectivity index (χ2n) is 9.85. The summed E-state index contributed by atoms with van der Waals surface area (Å²) in [6, 6.07) is 10.4. The molecule has 0 aliphatic rings. The van der Waals surface area contributed by atoms with Crippen LogP contribution in [0.25, 0.3) is 0 Å². The molecule has 0 aliphatic carbocycles. The zero-order valence-corrected chi connectivity index (χ0v) is 22.2. The van der Waals surface area contributed by atoms with Crippen LogP contribution in [0.4, 0.5) is 11.4 Å². The molecule has 0 unspecified atom stereocenters. The number of unbranched alkanes of at least 4 members (excludes halogenated alkanes) is 14. The van der Waals surface area contributed by atoms with Crippen LogP contribution in [0.5, 0.6) is 0 Å². The fourth-order valence-corrected chi connectivity index (χ4v) is 4.54. The quantitative estimate of drug-likeness (QED) is 0.113. The van der Waals surface area contributed by atoms with Crippen molar-refractivity contribution in [2.24, 2.45) is 0 Å². The number of anilines is 1. The van der Waals surface area contributed by atoms with Gasteiger partial charge in [0.05, 0.1) is 4.92 Å². The van der Waals surface area contributed by atoms with E-state index in [2.05, 4.69) is 17.2 Å². The number of hydrogen-bond acceptors (Lipinski definition) is 4. The van der Waals surface area contributed by atoms with Crippen LogP contribution >= 0.6 is 0 Å². The van der Waals surface area contributed by atoms with Crippen molar-refractivity contribution in [3.63, 3.8) is 0 Å². The van der Waals surface area contributed by atoms with Crippen molar-refractivity contribution in [2.45, 2.75) is 116 Å². The lowest BCUT2D eigenvalue weighted by Gasteiger charge is -2.08. The molecule has 0 aliphatic heterocycles. The van der Waals surface area contributed by atoms with Crippen molar-refractivity contribution < 1.29 is 9.72 Å². The molecular weight excluding hydrogens is 450 g/mol. The van der Waals surface area contributed by atoms with Gasteiger partial charge in [-0.15, -0.1) is 0 Å². The first-order chi connectivity index (χ1) is 17.6. The van der Waals surface area contributed by atoms with Crippen molar-refractivity contribution in [3.05, 3.63) is 64.0 Å². The standard InChI is InChI=1S/C30H45N3O3/c1-2-3-4-5-6-7-8-9-10-11-12-13-14-15-16-20-30(34)32-28-22-21-26(29(25-28)33(35)36)24-27-19-17-18-23-31-27/h17-19,21-23,25H,2-16,20,24H2,1H3,(H,32,34). The van der Waals surface area contributed by atoms with E-state index in [4.69, 9.17) is 0 Å². The highest BCUT2D eigenvalue weighted by Gasteiger charge is 2.16. The smallest absolute Gasteiger partial charge is 0.275 e. The van der Waals surface area contributed by atoms with Gasteiger partial charge < -0.3 is 5.32 Å². The summed E-state index contributed by atoms with van der Waals surface area (Å²) in [6.45, 7) is 2.26. The van der Waals surface area contributed by atoms with Gasteiger partial charge in [-0.3, -0.25) is 19.9 Å². The van der Waals surface area contributed by atoms with Crippen LogP contribution in [0, 0.1) is 10.1 Å². The fraction of sp³-hybridized carbons (Fsp3) is 0.600. The molecule has 6 heteroatoms. The van der Waals surface area contributed by atoms with Gasteiger partial charge in [0.1, 0.15) is 0 Å². The van der Waals surface area contributed by atoms with Crippen molar-refractivity contribution >= 4 is 17.3 Å². The zero-order valence-electron chi connectivity index (χ0n) is 22.2. The summed E-state index contributed by atoms with van der Waals surface area (Å²) >= 11 is 0. The lowest BCUT2D eigenvalue weighted by atomic mass is 10.0. The van der Waals surface area contributed by atoms with Gasteiger partial charge in [-0.05, 0) is 30.7 Å². The second-order valence-corrected chi connectivity index (χ2v) is 9.85. The monoisotopic (exact) mass is 495 g/mol. The van der Waals surface area contributed by atoms with Gasteiger partial charge >= 0.3 is 0 Å². The van der Waals surface area contributed by atoms with E-state index in [0.29, 0.717) is 24.1 Å². The minimum atomic E-state index is -0.400. The first kappa shape index (κ1) is 29.5. The lowest BCUT2D eigenvalue weighted by Crippen LogP contribution is -2.11. The fourth-order valence-electron chi connectivity index (χ4n) is 4.54. The molecular formula is C30H45N3O3. The number of nitro groups is 1. The molecule has 0 atom stereocenters. The van der Waals surface area contributed by atoms with Gasteiger partial charge in [-0.1, -0.05) is 103 Å². The minimum absolute atomic E-state index is 0.00502. The molecule has 6 nitrogen and oxygen atoms in total. The molecule has 2 aromatic rings. The molecule has 0 saturated heterocycles. The number of rotatable bonds is 20. The van der Waals surface area contributed by atoms with Crippen molar-refractivity contribution in [3.8, 4) is 0 Å². The maximum atomic E-state index is 12.3. The molecule has 0 bridgehead atoms. The Bertz CT molecular complexity index is 886. The first-order valence-corrected chi connectivity index (χ1v) is 14.1. The summed E-state index contributed by atoms with van der Waals surface area (Å²) in [4.78, 5) is 27.7. The van der Waals surface area contributed by atoms with Gasteiger partial charge in [-0.25, -0.2) is 0 Å². The van der Waals surface area contributed by atoms with E-state index in [1.807, 2.05) is 18.2 Å². The van der Waals surface area contributed by atoms with E-state index in [9.17, 15) is 14.9 Å². The maximum absolute atomic E-state index is 12.3. The van der Waals surface area contributed by atoms with E-state index in [1.165, 1.54) is 89.5 Å². The van der Waals surface area contributed by atoms with Crippen molar-refractivity contribution in [1.29, 1.82) is 0 Å². The van der Waals surface area contributed by atoms with Crippen LogP contribution in [0.3, 0.4) is 0 Å². The Balaban J connectivity index is 1.54. The van der Waals surface area contributed by atoms with E-state index >= 15 is 0 Å². The second kappa shape index (κ2) is 18.5. The summed E-state index contributed by atoms with van der Waals surface area (Å²) in [5, 5.41) is 14.4. The molecule has 0 fully saturated rings. The SMILES string of the molecule is CCCCCCCCCCCCCCCCCC(=O)Nc1ccc(Cc2ccccn2)c([N+](=O)[O-])c1. The van der Waals surface area contributed by atoms with Crippen molar-refractivity contribution in [1.82, 2.24) is 4.98 Å². The number of carbonyl (C=O) groups is 1. The molecule has 1 amide bonds. The summed E-state index contributed by atoms with van der Waals surface area (Å²) in [5.41, 5.74) is 1.83. The summed E-state index contributed by atoms with van der Waals surface area (Å²) in [6.07, 6.45) is 21.8. The highest BCUT2D eigenvalue weighted by molar-refractivity contribution is 5.91. The number of hydrogen-bond donors (Lipinski definition) is 1. The Morgan fingerprint density at radius 3 is 1.94 bits per heavy atom. The van der Waals surface area contributed by atoms with E-state index < -0.39 is 4.92 Å². The summed E-state index contributed by atoms with van der Waals surface area (Å²) < 4.78 is 0. The molecule has 1 aromatic heterocycles. The molecule has 2 rings (SSSR count). The van der Waals surface area contributed by atoms with Gasteiger partial charge in [0.2, 0.25) is 5.91 Å². The Morgan fingerprint density at radius 2 is 1.42 bits per heavy atom. The van der Waals surface area contributed by atoms with Gasteiger partial charge in [0.25, 0.3) is 5.69 Å². The molecule has 0 radical (unpaired) electrons. The summed E-state index contributed by atoms with van der Waals surface area (Å²) in [7, 11) is 0. The number of carbonyl (C=O) groups excluding carboxylic acids is 1. The average molecular weight is 496 g/mol. The highest BCUT2D eigenvalue weighted by atomic mass is 16.6. The molecule has 198 valence electrons. The van der Waals surface area contributed by atoms with Crippen LogP contribution in [-0.4, -0.2) is 15.8 Å². The average Bonchev–Trinajstić information content (AvgIpc) is 2.87. The van der Waals surface area contributed by atoms with Crippen LogP contribution in [0.1, 0.15) is 121 Å². The number of amides is 1. The molecule has 36 heavy (non-hydrogen) atoms. The number of nitrogens with one attached hydrogen (secondary N) is 1. The number of nitrogens with zero attached hydrogens (tertiary/aromatic N) is 2. The van der Waals surface area contributed by atoms with E-state index in [1.54, 1.807) is 18.3 Å². The Morgan fingerprint density at radius 1 is 0.833 bits per heavy atom. The summed E-state index contributed by atoms with van der Waals surface area (Å²) in [5.74, 6) is -0.0866. The third-order valence-corrected chi connectivity index (χ3v) is 6.67. The molecule has 0 saturated carbocycles. The Kier molecular flexibility index (Phi) is 15.1. The van der Waals surface area contributed by atoms with E-state index in [-0.39, 0.29) is 11.6 Å². The highest BCUT2D eigenvalue weighted by Crippen LogP contribution is 2.25. The van der Waals surface area contributed by atoms with Gasteiger partial charge in [0, 0.05) is 42.0 Å². The Hall–Kier alpha value is -2.76. The predicted molar refractivity (Wildman–Crippen MR) is 148 cm³/mol. The van der Waals surface area contributed by atoms with Gasteiger partial charge in [-0.2, -0.15) is 0 Å². The number of benzene rings is 1. The molecule has 1 N–H and O–H groups in total. The van der Waals surface area contributed by atoms with Gasteiger partial charge in [0.15, 0.2) is 0 Å². The van der Waals surface area contributed by atoms with Crippen LogP contribution in [0.15, 0.2) is 42.6 Å². The maximum Gasteiger partial charge on any atom is 0.275 e. The lowest BCUT2D eigenvalue weighted by molar-refractivity contribution is -0.385. The number of aromatic nitrogens is 1. The molecule has 1 heterocycles. The van der Waals surface area contributed by atoms with Crippen LogP contribution in [0.2, 0.25) is 0 Å². The largest absolute Gasteiger partial charge is 0.326 e.